The maximum Gasteiger partial charge on any atom is 0.219 e. The number of aromatic nitrogens is 3. The number of morpholine rings is 1. The van der Waals surface area contributed by atoms with E-state index in [1.807, 2.05) is 23.1 Å². The van der Waals surface area contributed by atoms with Gasteiger partial charge in [-0.15, -0.1) is 0 Å². The van der Waals surface area contributed by atoms with Crippen LogP contribution in [0.4, 0.5) is 5.82 Å². The van der Waals surface area contributed by atoms with Crippen molar-refractivity contribution in [3.05, 3.63) is 35.7 Å². The molecule has 0 aliphatic carbocycles. The van der Waals surface area contributed by atoms with Crippen LogP contribution in [0.5, 0.6) is 0 Å². The Morgan fingerprint density at radius 2 is 2.22 bits per heavy atom. The second kappa shape index (κ2) is 7.58. The van der Waals surface area contributed by atoms with Gasteiger partial charge in [0.25, 0.3) is 0 Å². The summed E-state index contributed by atoms with van der Waals surface area (Å²) in [6.07, 6.45) is 2.48. The Kier molecular flexibility index (Phi) is 5.00. The van der Waals surface area contributed by atoms with E-state index in [4.69, 9.17) is 20.4 Å². The highest BCUT2D eigenvalue weighted by atomic mass is 16.5. The lowest BCUT2D eigenvalue weighted by molar-refractivity contribution is -0.129. The van der Waals surface area contributed by atoms with Gasteiger partial charge >= 0.3 is 0 Å². The van der Waals surface area contributed by atoms with Crippen molar-refractivity contribution in [2.24, 2.45) is 5.73 Å². The molecule has 142 valence electrons. The summed E-state index contributed by atoms with van der Waals surface area (Å²) in [6, 6.07) is 5.69. The number of rotatable bonds is 3. The van der Waals surface area contributed by atoms with Crippen LogP contribution in [-0.4, -0.2) is 64.6 Å². The van der Waals surface area contributed by atoms with Crippen molar-refractivity contribution in [2.75, 3.05) is 37.7 Å². The standard InChI is InChI=1S/C19H24N6O2/c1-13(26)24-7-5-15-17(12-24)22-18(16-4-2-3-6-21-16)23-19(15)25-8-9-27-14(10-20)11-25/h2-4,6,14H,5,7-12,20H2,1H3/t14-/m0/s1. The molecule has 4 heterocycles. The predicted octanol–water partition coefficient (Wildman–Crippen LogP) is 0.607. The third-order valence-electron chi connectivity index (χ3n) is 5.08. The van der Waals surface area contributed by atoms with Crippen LogP contribution in [0.3, 0.4) is 0 Å². The van der Waals surface area contributed by atoms with Crippen molar-refractivity contribution in [1.29, 1.82) is 0 Å². The van der Waals surface area contributed by atoms with Crippen molar-refractivity contribution < 1.29 is 9.53 Å². The van der Waals surface area contributed by atoms with Gasteiger partial charge in [-0.1, -0.05) is 6.07 Å². The average Bonchev–Trinajstić information content (AvgIpc) is 2.73. The minimum absolute atomic E-state index is 0.0000239. The molecule has 1 saturated heterocycles. The molecule has 0 bridgehead atoms. The minimum atomic E-state index is -0.0000239. The Morgan fingerprint density at radius 1 is 1.33 bits per heavy atom. The summed E-state index contributed by atoms with van der Waals surface area (Å²) in [7, 11) is 0. The van der Waals surface area contributed by atoms with E-state index in [2.05, 4.69) is 9.88 Å². The van der Waals surface area contributed by atoms with Gasteiger partial charge in [0, 0.05) is 44.9 Å². The molecule has 1 fully saturated rings. The van der Waals surface area contributed by atoms with Crippen molar-refractivity contribution in [3.63, 3.8) is 0 Å². The molecule has 2 N–H and O–H groups in total. The van der Waals surface area contributed by atoms with Crippen LogP contribution in [0.25, 0.3) is 11.5 Å². The molecule has 1 atom stereocenters. The van der Waals surface area contributed by atoms with Gasteiger partial charge in [0.1, 0.15) is 11.5 Å². The maximum absolute atomic E-state index is 11.9. The van der Waals surface area contributed by atoms with Gasteiger partial charge in [0.2, 0.25) is 5.91 Å². The smallest absolute Gasteiger partial charge is 0.219 e. The summed E-state index contributed by atoms with van der Waals surface area (Å²) < 4.78 is 5.71. The van der Waals surface area contributed by atoms with Crippen molar-refractivity contribution in [3.8, 4) is 11.5 Å². The molecule has 4 rings (SSSR count). The average molecular weight is 368 g/mol. The second-order valence-electron chi connectivity index (χ2n) is 6.88. The first-order valence-electron chi connectivity index (χ1n) is 9.29. The lowest BCUT2D eigenvalue weighted by Gasteiger charge is -2.36. The predicted molar refractivity (Wildman–Crippen MR) is 101 cm³/mol. The van der Waals surface area contributed by atoms with Crippen molar-refractivity contribution in [1.82, 2.24) is 19.9 Å². The van der Waals surface area contributed by atoms with E-state index >= 15 is 0 Å². The van der Waals surface area contributed by atoms with E-state index in [1.54, 1.807) is 13.1 Å². The molecule has 2 aromatic heterocycles. The Bertz CT molecular complexity index is 828. The molecule has 0 saturated carbocycles. The fourth-order valence-corrected chi connectivity index (χ4v) is 3.60. The molecule has 2 aliphatic heterocycles. The van der Waals surface area contributed by atoms with Crippen LogP contribution in [0.2, 0.25) is 0 Å². The molecule has 0 aromatic carbocycles. The van der Waals surface area contributed by atoms with Crippen LogP contribution in [0.1, 0.15) is 18.2 Å². The summed E-state index contributed by atoms with van der Waals surface area (Å²) in [6.45, 7) is 5.36. The van der Waals surface area contributed by atoms with Crippen LogP contribution < -0.4 is 10.6 Å². The van der Waals surface area contributed by atoms with E-state index in [9.17, 15) is 4.79 Å². The Labute approximate surface area is 158 Å². The number of nitrogens with zero attached hydrogens (tertiary/aromatic N) is 5. The minimum Gasteiger partial charge on any atom is -0.373 e. The summed E-state index contributed by atoms with van der Waals surface area (Å²) in [5, 5.41) is 0. The number of hydrogen-bond acceptors (Lipinski definition) is 7. The Morgan fingerprint density at radius 3 is 2.96 bits per heavy atom. The zero-order valence-electron chi connectivity index (χ0n) is 15.5. The van der Waals surface area contributed by atoms with E-state index < -0.39 is 0 Å². The highest BCUT2D eigenvalue weighted by molar-refractivity contribution is 5.74. The first-order chi connectivity index (χ1) is 13.2. The lowest BCUT2D eigenvalue weighted by atomic mass is 10.0. The van der Waals surface area contributed by atoms with Gasteiger partial charge in [-0.2, -0.15) is 0 Å². The number of fused-ring (bicyclic) bond motifs is 1. The number of carbonyl (C=O) groups excluding carboxylic acids is 1. The second-order valence-corrected chi connectivity index (χ2v) is 6.88. The summed E-state index contributed by atoms with van der Waals surface area (Å²) in [5.74, 6) is 1.57. The molecule has 8 nitrogen and oxygen atoms in total. The van der Waals surface area contributed by atoms with Crippen LogP contribution in [-0.2, 0) is 22.5 Å². The fraction of sp³-hybridized carbons (Fsp3) is 0.474. The molecule has 2 aliphatic rings. The maximum atomic E-state index is 11.9. The zero-order chi connectivity index (χ0) is 18.8. The molecule has 0 spiro atoms. The number of pyridine rings is 1. The first kappa shape index (κ1) is 17.8. The SMILES string of the molecule is CC(=O)N1CCc2c(nc(-c3ccccn3)nc2N2CCO[C@@H](CN)C2)C1. The number of amides is 1. The summed E-state index contributed by atoms with van der Waals surface area (Å²) in [5.41, 5.74) is 8.56. The molecular formula is C19H24N6O2. The lowest BCUT2D eigenvalue weighted by Crippen LogP contribution is -2.47. The quantitative estimate of drug-likeness (QED) is 0.847. The molecule has 0 unspecified atom stereocenters. The molecule has 27 heavy (non-hydrogen) atoms. The topological polar surface area (TPSA) is 97.5 Å². The van der Waals surface area contributed by atoms with Crippen molar-refractivity contribution >= 4 is 11.7 Å². The Balaban J connectivity index is 1.77. The van der Waals surface area contributed by atoms with Gasteiger partial charge < -0.3 is 20.3 Å². The van der Waals surface area contributed by atoms with Gasteiger partial charge in [-0.3, -0.25) is 9.78 Å². The fourth-order valence-electron chi connectivity index (χ4n) is 3.60. The molecule has 8 heteroatoms. The number of hydrogen-bond donors (Lipinski definition) is 1. The third-order valence-corrected chi connectivity index (χ3v) is 5.08. The highest BCUT2D eigenvalue weighted by Crippen LogP contribution is 2.30. The number of anilines is 1. The third kappa shape index (κ3) is 3.63. The van der Waals surface area contributed by atoms with Crippen LogP contribution in [0, 0.1) is 0 Å². The molecular weight excluding hydrogens is 344 g/mol. The normalized spacial score (nSPS) is 19.7. The van der Waals surface area contributed by atoms with E-state index in [1.165, 1.54) is 0 Å². The summed E-state index contributed by atoms with van der Waals surface area (Å²) in [4.78, 5) is 30.0. The monoisotopic (exact) mass is 368 g/mol. The molecule has 2 aromatic rings. The van der Waals surface area contributed by atoms with E-state index in [0.29, 0.717) is 38.6 Å². The van der Waals surface area contributed by atoms with Crippen LogP contribution in [0.15, 0.2) is 24.4 Å². The number of ether oxygens (including phenoxy) is 1. The van der Waals surface area contributed by atoms with Crippen molar-refractivity contribution in [2.45, 2.75) is 26.0 Å². The molecule has 0 radical (unpaired) electrons. The molecule has 1 amide bonds. The van der Waals surface area contributed by atoms with Gasteiger partial charge in [0.15, 0.2) is 5.82 Å². The van der Waals surface area contributed by atoms with Crippen LogP contribution >= 0.6 is 0 Å². The first-order valence-corrected chi connectivity index (χ1v) is 9.29. The Hall–Kier alpha value is -2.58. The highest BCUT2D eigenvalue weighted by Gasteiger charge is 2.29. The number of nitrogens with two attached hydrogens (primary N) is 1. The largest absolute Gasteiger partial charge is 0.373 e. The van der Waals surface area contributed by atoms with E-state index in [-0.39, 0.29) is 12.0 Å². The zero-order valence-corrected chi connectivity index (χ0v) is 15.5. The van der Waals surface area contributed by atoms with E-state index in [0.717, 1.165) is 35.7 Å². The van der Waals surface area contributed by atoms with Gasteiger partial charge in [-0.05, 0) is 18.6 Å². The van der Waals surface area contributed by atoms with Gasteiger partial charge in [0.05, 0.1) is 24.9 Å². The summed E-state index contributed by atoms with van der Waals surface area (Å²) >= 11 is 0. The van der Waals surface area contributed by atoms with Gasteiger partial charge in [-0.25, -0.2) is 9.97 Å². The number of carbonyl (C=O) groups is 1.